The molecule has 4 fully saturated rings. The van der Waals surface area contributed by atoms with Crippen molar-refractivity contribution in [1.29, 1.82) is 0 Å². The van der Waals surface area contributed by atoms with Gasteiger partial charge in [0, 0.05) is 0 Å². The lowest BCUT2D eigenvalue weighted by molar-refractivity contribution is -0.176. The van der Waals surface area contributed by atoms with Crippen LogP contribution in [0.5, 0.6) is 0 Å². The van der Waals surface area contributed by atoms with Crippen molar-refractivity contribution in [1.82, 2.24) is 0 Å². The summed E-state index contributed by atoms with van der Waals surface area (Å²) in [4.78, 5) is 0. The Labute approximate surface area is 167 Å². The highest BCUT2D eigenvalue weighted by molar-refractivity contribution is 5.10. The first kappa shape index (κ1) is 20.2. The zero-order chi connectivity index (χ0) is 19.4. The number of hydrogen-bond acceptors (Lipinski definition) is 2. The molecule has 0 aliphatic heterocycles. The van der Waals surface area contributed by atoms with Crippen LogP contribution < -0.4 is 0 Å². The van der Waals surface area contributed by atoms with E-state index in [2.05, 4.69) is 20.8 Å². The van der Waals surface area contributed by atoms with E-state index in [0.717, 1.165) is 49.4 Å². The first-order valence-electron chi connectivity index (χ1n) is 12.1. The largest absolute Gasteiger partial charge is 0.393 e. The van der Waals surface area contributed by atoms with Crippen LogP contribution in [0.15, 0.2) is 0 Å². The second kappa shape index (κ2) is 7.01. The van der Waals surface area contributed by atoms with Crippen molar-refractivity contribution >= 4 is 0 Å². The molecule has 2 N–H and O–H groups in total. The van der Waals surface area contributed by atoms with Crippen LogP contribution in [-0.4, -0.2) is 21.9 Å². The topological polar surface area (TPSA) is 40.5 Å². The fourth-order valence-corrected chi connectivity index (χ4v) is 9.05. The summed E-state index contributed by atoms with van der Waals surface area (Å²) in [6.07, 6.45) is 14.6. The van der Waals surface area contributed by atoms with E-state index >= 15 is 0 Å². The van der Waals surface area contributed by atoms with E-state index in [9.17, 15) is 10.2 Å². The molecule has 0 amide bonds. The third-order valence-corrected chi connectivity index (χ3v) is 10.4. The average molecular weight is 377 g/mol. The molecule has 0 spiro atoms. The second-order valence-corrected chi connectivity index (χ2v) is 11.7. The van der Waals surface area contributed by atoms with Crippen molar-refractivity contribution < 1.29 is 10.2 Å². The quantitative estimate of drug-likeness (QED) is 0.639. The fraction of sp³-hybridized carbons (Fsp3) is 1.00. The van der Waals surface area contributed by atoms with Gasteiger partial charge in [-0.15, -0.1) is 0 Å². The molecule has 0 saturated heterocycles. The van der Waals surface area contributed by atoms with Crippen LogP contribution in [0, 0.1) is 40.4 Å². The van der Waals surface area contributed by atoms with Gasteiger partial charge in [0.1, 0.15) is 0 Å². The number of hydrogen-bond donors (Lipinski definition) is 2. The van der Waals surface area contributed by atoms with Crippen molar-refractivity contribution in [2.75, 3.05) is 0 Å². The van der Waals surface area contributed by atoms with Gasteiger partial charge in [0.2, 0.25) is 0 Å². The van der Waals surface area contributed by atoms with Crippen LogP contribution in [0.3, 0.4) is 0 Å². The first-order chi connectivity index (χ1) is 12.7. The smallest absolute Gasteiger partial charge is 0.0650 e. The summed E-state index contributed by atoms with van der Waals surface area (Å²) in [5, 5.41) is 21.6. The zero-order valence-corrected chi connectivity index (χ0v) is 18.3. The molecule has 4 aliphatic rings. The van der Waals surface area contributed by atoms with Gasteiger partial charge < -0.3 is 10.2 Å². The Morgan fingerprint density at radius 3 is 2.37 bits per heavy atom. The molecule has 4 aliphatic carbocycles. The predicted octanol–water partition coefficient (Wildman–Crippen LogP) is 5.95. The van der Waals surface area contributed by atoms with Crippen LogP contribution in [0.2, 0.25) is 0 Å². The molecule has 0 heterocycles. The average Bonchev–Trinajstić information content (AvgIpc) is 2.61. The van der Waals surface area contributed by atoms with Crippen molar-refractivity contribution in [2.24, 2.45) is 40.4 Å². The monoisotopic (exact) mass is 376 g/mol. The van der Waals surface area contributed by atoms with Crippen molar-refractivity contribution in [3.05, 3.63) is 0 Å². The summed E-state index contributed by atoms with van der Waals surface area (Å²) in [6, 6.07) is 0. The standard InChI is InChI=1S/C25H44O2/c1-5-12-25(27)15-14-23(3)18(16-25)9-10-19-21-8-6-7-20(17(2)26)24(21,4)13-11-22(19)23/h17-22,26-27H,5-16H2,1-4H3/t17?,18-,19-,20?,21-,22-,23-,24+,25+/m0/s1. The molecule has 0 radical (unpaired) electrons. The first-order valence-corrected chi connectivity index (χ1v) is 12.1. The molecule has 9 atom stereocenters. The molecule has 0 aromatic rings. The molecule has 4 saturated carbocycles. The Hall–Kier alpha value is -0.0800. The van der Waals surface area contributed by atoms with Gasteiger partial charge in [-0.2, -0.15) is 0 Å². The highest BCUT2D eigenvalue weighted by atomic mass is 16.3. The predicted molar refractivity (Wildman–Crippen MR) is 111 cm³/mol. The maximum absolute atomic E-state index is 11.1. The lowest BCUT2D eigenvalue weighted by Crippen LogP contribution is -2.58. The maximum atomic E-state index is 11.1. The molecular weight excluding hydrogens is 332 g/mol. The Morgan fingerprint density at radius 1 is 0.926 bits per heavy atom. The third kappa shape index (κ3) is 3.12. The van der Waals surface area contributed by atoms with Gasteiger partial charge >= 0.3 is 0 Å². The Bertz CT molecular complexity index is 544. The zero-order valence-electron chi connectivity index (χ0n) is 18.3. The molecule has 4 rings (SSSR count). The molecule has 0 bridgehead atoms. The van der Waals surface area contributed by atoms with Crippen LogP contribution >= 0.6 is 0 Å². The summed E-state index contributed by atoms with van der Waals surface area (Å²) in [5.41, 5.74) is 0.424. The van der Waals surface area contributed by atoms with Gasteiger partial charge in [-0.25, -0.2) is 0 Å². The minimum atomic E-state index is -0.378. The summed E-state index contributed by atoms with van der Waals surface area (Å²) < 4.78 is 0. The maximum Gasteiger partial charge on any atom is 0.0650 e. The second-order valence-electron chi connectivity index (χ2n) is 11.7. The minimum absolute atomic E-state index is 0.153. The van der Waals surface area contributed by atoms with Crippen LogP contribution in [0.4, 0.5) is 0 Å². The molecule has 2 nitrogen and oxygen atoms in total. The number of fused-ring (bicyclic) bond motifs is 5. The summed E-state index contributed by atoms with van der Waals surface area (Å²) in [5.74, 6) is 3.77. The fourth-order valence-electron chi connectivity index (χ4n) is 9.05. The van der Waals surface area contributed by atoms with Crippen molar-refractivity contribution in [2.45, 2.75) is 116 Å². The molecule has 2 heteroatoms. The highest BCUT2D eigenvalue weighted by Crippen LogP contribution is 2.67. The SMILES string of the molecule is CCC[C@@]1(O)CC[C@@]2(C)[C@@H](CC[C@@H]3[C@@H]2CC[C@]2(C)C(C(C)O)CCC[C@@H]32)C1. The molecule has 0 aromatic heterocycles. The Kier molecular flexibility index (Phi) is 5.25. The summed E-state index contributed by atoms with van der Waals surface area (Å²) in [6.45, 7) is 9.38. The lowest BCUT2D eigenvalue weighted by atomic mass is 9.41. The summed E-state index contributed by atoms with van der Waals surface area (Å²) in [7, 11) is 0. The minimum Gasteiger partial charge on any atom is -0.393 e. The molecule has 0 aromatic carbocycles. The van der Waals surface area contributed by atoms with Crippen molar-refractivity contribution in [3.63, 3.8) is 0 Å². The van der Waals surface area contributed by atoms with Gasteiger partial charge in [-0.1, -0.05) is 33.6 Å². The number of aliphatic hydroxyl groups excluding tert-OH is 1. The van der Waals surface area contributed by atoms with E-state index < -0.39 is 0 Å². The van der Waals surface area contributed by atoms with Crippen LogP contribution in [0.25, 0.3) is 0 Å². The van der Waals surface area contributed by atoms with E-state index in [1.807, 2.05) is 6.92 Å². The number of rotatable bonds is 3. The van der Waals surface area contributed by atoms with E-state index in [1.165, 1.54) is 51.4 Å². The lowest BCUT2D eigenvalue weighted by Gasteiger charge is -2.65. The molecule has 2 unspecified atom stereocenters. The van der Waals surface area contributed by atoms with Crippen LogP contribution in [-0.2, 0) is 0 Å². The van der Waals surface area contributed by atoms with E-state index in [0.29, 0.717) is 16.7 Å². The van der Waals surface area contributed by atoms with Gasteiger partial charge in [-0.3, -0.25) is 0 Å². The Morgan fingerprint density at radius 2 is 1.67 bits per heavy atom. The van der Waals surface area contributed by atoms with Gasteiger partial charge in [0.15, 0.2) is 0 Å². The van der Waals surface area contributed by atoms with Gasteiger partial charge in [0.25, 0.3) is 0 Å². The summed E-state index contributed by atoms with van der Waals surface area (Å²) >= 11 is 0. The highest BCUT2D eigenvalue weighted by Gasteiger charge is 2.60. The van der Waals surface area contributed by atoms with E-state index in [4.69, 9.17) is 0 Å². The van der Waals surface area contributed by atoms with Crippen LogP contribution in [0.1, 0.15) is 105 Å². The van der Waals surface area contributed by atoms with E-state index in [-0.39, 0.29) is 11.7 Å². The Balaban J connectivity index is 1.57. The molecule has 27 heavy (non-hydrogen) atoms. The van der Waals surface area contributed by atoms with Gasteiger partial charge in [0.05, 0.1) is 11.7 Å². The van der Waals surface area contributed by atoms with E-state index in [1.54, 1.807) is 0 Å². The normalized spacial score (nSPS) is 53.8. The third-order valence-electron chi connectivity index (χ3n) is 10.4. The molecular formula is C25H44O2. The van der Waals surface area contributed by atoms with Crippen molar-refractivity contribution in [3.8, 4) is 0 Å². The molecule has 156 valence electrons. The van der Waals surface area contributed by atoms with Gasteiger partial charge in [-0.05, 0) is 112 Å². The number of aliphatic hydroxyl groups is 2.